The first kappa shape index (κ1) is 29.2. The monoisotopic (exact) mass is 629 g/mol. The predicted molar refractivity (Wildman–Crippen MR) is 161 cm³/mol. The Morgan fingerprint density at radius 1 is 0.932 bits per heavy atom. The van der Waals surface area contributed by atoms with E-state index in [1.165, 1.54) is 0 Å². The molecule has 3 heterocycles. The molecule has 4 aliphatic carbocycles. The molecule has 1 saturated heterocycles. The molecule has 44 heavy (non-hydrogen) atoms. The number of nitrogens with one attached hydrogen (secondary N) is 1. The molecule has 236 valence electrons. The van der Waals surface area contributed by atoms with Crippen LogP contribution in [0, 0.1) is 23.2 Å². The molecule has 4 bridgehead atoms. The van der Waals surface area contributed by atoms with Gasteiger partial charge in [0.05, 0.1) is 23.3 Å². The van der Waals surface area contributed by atoms with Crippen LogP contribution in [-0.2, 0) is 14.8 Å². The summed E-state index contributed by atoms with van der Waals surface area (Å²) in [6.45, 7) is 1.54. The molecule has 2 aliphatic heterocycles. The fraction of sp³-hybridized carbons (Fsp3) is 0.567. The molecule has 3 amide bonds. The quantitative estimate of drug-likeness (QED) is 0.502. The van der Waals surface area contributed by atoms with Crippen molar-refractivity contribution in [1.29, 1.82) is 0 Å². The summed E-state index contributed by atoms with van der Waals surface area (Å²) in [4.78, 5) is 36.6. The van der Waals surface area contributed by atoms with Crippen LogP contribution in [0.4, 0.5) is 36.5 Å². The van der Waals surface area contributed by atoms with Gasteiger partial charge in [-0.05, 0) is 74.1 Å². The number of anilines is 4. The van der Waals surface area contributed by atoms with E-state index in [1.54, 1.807) is 11.1 Å². The van der Waals surface area contributed by atoms with Crippen molar-refractivity contribution >= 4 is 44.8 Å². The van der Waals surface area contributed by atoms with Crippen LogP contribution < -0.4 is 25.8 Å². The van der Waals surface area contributed by atoms with E-state index in [4.69, 9.17) is 5.73 Å². The number of nitrogens with two attached hydrogens (primary N) is 1. The van der Waals surface area contributed by atoms with E-state index in [2.05, 4.69) is 15.2 Å². The second kappa shape index (κ2) is 10.8. The SMILES string of the molecule is NC(=O)C12CC3CC(C1)C(NC(=O)N1CCN(c4ccc(N5CCN(S(=O)(=O)C(F)F)CC5)cn4)c4ccccc41)C(C3)C2. The van der Waals surface area contributed by atoms with Crippen LogP contribution in [0.25, 0.3) is 0 Å². The van der Waals surface area contributed by atoms with Gasteiger partial charge in [0.1, 0.15) is 5.82 Å². The van der Waals surface area contributed by atoms with Gasteiger partial charge in [-0.3, -0.25) is 9.69 Å². The van der Waals surface area contributed by atoms with E-state index in [9.17, 15) is 26.8 Å². The molecule has 2 aromatic rings. The number of nitrogens with zero attached hydrogens (tertiary/aromatic N) is 5. The van der Waals surface area contributed by atoms with E-state index in [0.717, 1.165) is 53.5 Å². The fourth-order valence-electron chi connectivity index (χ4n) is 8.63. The Labute approximate surface area is 255 Å². The lowest BCUT2D eigenvalue weighted by molar-refractivity contribution is -0.145. The lowest BCUT2D eigenvalue weighted by Gasteiger charge is -2.59. The Morgan fingerprint density at radius 3 is 2.23 bits per heavy atom. The third-order valence-corrected chi connectivity index (χ3v) is 12.1. The van der Waals surface area contributed by atoms with Crippen molar-refractivity contribution in [2.75, 3.05) is 54.0 Å². The second-order valence-corrected chi connectivity index (χ2v) is 14.9. The van der Waals surface area contributed by atoms with Crippen LogP contribution in [0.2, 0.25) is 0 Å². The number of aromatic nitrogens is 1. The molecular weight excluding hydrogens is 592 g/mol. The highest BCUT2D eigenvalue weighted by Crippen LogP contribution is 2.60. The van der Waals surface area contributed by atoms with Crippen molar-refractivity contribution in [3.63, 3.8) is 0 Å². The molecule has 14 heteroatoms. The van der Waals surface area contributed by atoms with Crippen molar-refractivity contribution in [3.05, 3.63) is 42.6 Å². The molecule has 0 radical (unpaired) electrons. The average molecular weight is 630 g/mol. The third-order valence-electron chi connectivity index (χ3n) is 10.5. The van der Waals surface area contributed by atoms with Crippen LogP contribution in [0.3, 0.4) is 0 Å². The summed E-state index contributed by atoms with van der Waals surface area (Å²) in [5, 5.41) is 3.36. The topological polar surface area (TPSA) is 132 Å². The number of hydrogen-bond donors (Lipinski definition) is 2. The zero-order valence-electron chi connectivity index (χ0n) is 24.3. The smallest absolute Gasteiger partial charge is 0.350 e. The van der Waals surface area contributed by atoms with Crippen molar-refractivity contribution < 1.29 is 26.8 Å². The van der Waals surface area contributed by atoms with Crippen molar-refractivity contribution in [2.45, 2.75) is 43.9 Å². The van der Waals surface area contributed by atoms with Crippen molar-refractivity contribution in [1.82, 2.24) is 14.6 Å². The molecule has 1 aromatic heterocycles. The van der Waals surface area contributed by atoms with E-state index in [-0.39, 0.29) is 56.0 Å². The zero-order valence-corrected chi connectivity index (χ0v) is 25.1. The normalized spacial score (nSPS) is 30.0. The molecule has 8 rings (SSSR count). The first-order valence-electron chi connectivity index (χ1n) is 15.3. The summed E-state index contributed by atoms with van der Waals surface area (Å²) < 4.78 is 50.3. The summed E-state index contributed by atoms with van der Waals surface area (Å²) in [5.74, 6) is -1.84. The highest BCUT2D eigenvalue weighted by Gasteiger charge is 2.58. The van der Waals surface area contributed by atoms with Gasteiger partial charge in [0.25, 0.3) is 10.0 Å². The minimum Gasteiger partial charge on any atom is -0.369 e. The van der Waals surface area contributed by atoms with Crippen LogP contribution >= 0.6 is 0 Å². The summed E-state index contributed by atoms with van der Waals surface area (Å²) in [7, 11) is -4.58. The number of benzene rings is 1. The molecule has 0 spiro atoms. The molecule has 1 aromatic carbocycles. The lowest BCUT2D eigenvalue weighted by Crippen LogP contribution is -2.63. The number of halogens is 2. The number of para-hydroxylation sites is 2. The lowest BCUT2D eigenvalue weighted by atomic mass is 9.47. The number of piperazine rings is 1. The van der Waals surface area contributed by atoms with Crippen molar-refractivity contribution in [2.24, 2.45) is 28.9 Å². The van der Waals surface area contributed by atoms with Crippen molar-refractivity contribution in [3.8, 4) is 0 Å². The number of sulfonamides is 1. The molecule has 11 nitrogen and oxygen atoms in total. The Kier molecular flexibility index (Phi) is 7.19. The maximum atomic E-state index is 13.8. The standard InChI is InChI=1S/C30H37F2N7O4S/c31-28(32)44(42,43)37-9-7-36(8-10-37)22-5-6-25(34-18-22)38-11-12-39(24-4-2-1-3-23(24)38)29(41)35-26-20-13-19-14-21(26)17-30(15-19,16-20)27(33)40/h1-6,18-21,26,28H,7-17H2,(H2,33,40)(H,35,41). The Balaban J connectivity index is 1.03. The minimum atomic E-state index is -4.58. The molecular formula is C30H37F2N7O4S. The van der Waals surface area contributed by atoms with Gasteiger partial charge in [0.2, 0.25) is 5.91 Å². The van der Waals surface area contributed by atoms with Crippen LogP contribution in [-0.4, -0.2) is 80.7 Å². The van der Waals surface area contributed by atoms with Gasteiger partial charge in [-0.15, -0.1) is 0 Å². The van der Waals surface area contributed by atoms with Gasteiger partial charge in [-0.25, -0.2) is 18.2 Å². The van der Waals surface area contributed by atoms with Gasteiger partial charge in [-0.1, -0.05) is 12.1 Å². The van der Waals surface area contributed by atoms with Crippen LogP contribution in [0.5, 0.6) is 0 Å². The number of urea groups is 1. The number of carbonyl (C=O) groups excluding carboxylic acids is 2. The molecule has 6 aliphatic rings. The average Bonchev–Trinajstić information content (AvgIpc) is 3.02. The molecule has 5 fully saturated rings. The van der Waals surface area contributed by atoms with Crippen LogP contribution in [0.1, 0.15) is 32.1 Å². The second-order valence-electron chi connectivity index (χ2n) is 12.9. The number of rotatable bonds is 6. The maximum absolute atomic E-state index is 13.8. The van der Waals surface area contributed by atoms with Crippen LogP contribution in [0.15, 0.2) is 42.6 Å². The van der Waals surface area contributed by atoms with E-state index >= 15 is 0 Å². The first-order valence-corrected chi connectivity index (χ1v) is 16.8. The Bertz CT molecular complexity index is 1530. The predicted octanol–water partition coefficient (Wildman–Crippen LogP) is 3.10. The minimum absolute atomic E-state index is 0.0131. The van der Waals surface area contributed by atoms with Gasteiger partial charge < -0.3 is 20.9 Å². The number of carbonyl (C=O) groups is 2. The number of alkyl halides is 2. The summed E-state index contributed by atoms with van der Waals surface area (Å²) in [6, 6.07) is 11.4. The van der Waals surface area contributed by atoms with Gasteiger partial charge in [-0.2, -0.15) is 13.1 Å². The molecule has 3 N–H and O–H groups in total. The maximum Gasteiger partial charge on any atom is 0.350 e. The third kappa shape index (κ3) is 4.86. The molecule has 2 atom stereocenters. The van der Waals surface area contributed by atoms with E-state index < -0.39 is 21.2 Å². The number of fused-ring (bicyclic) bond motifs is 1. The van der Waals surface area contributed by atoms with E-state index in [0.29, 0.717) is 24.8 Å². The van der Waals surface area contributed by atoms with Gasteiger partial charge >= 0.3 is 11.8 Å². The first-order chi connectivity index (χ1) is 21.1. The fourth-order valence-corrected chi connectivity index (χ4v) is 9.53. The van der Waals surface area contributed by atoms with Gasteiger partial charge in [0.15, 0.2) is 0 Å². The number of primary amides is 1. The largest absolute Gasteiger partial charge is 0.369 e. The van der Waals surface area contributed by atoms with Gasteiger partial charge in [0, 0.05) is 50.7 Å². The number of pyridine rings is 1. The molecule has 2 unspecified atom stereocenters. The zero-order chi connectivity index (χ0) is 30.8. The highest BCUT2D eigenvalue weighted by molar-refractivity contribution is 7.89. The summed E-state index contributed by atoms with van der Waals surface area (Å²) in [6.07, 6.45) is 6.19. The number of amides is 3. The highest BCUT2D eigenvalue weighted by atomic mass is 32.2. The summed E-state index contributed by atoms with van der Waals surface area (Å²) >= 11 is 0. The Morgan fingerprint density at radius 2 is 1.61 bits per heavy atom. The summed E-state index contributed by atoms with van der Waals surface area (Å²) in [5.41, 5.74) is 7.88. The molecule has 4 saturated carbocycles. The number of hydrogen-bond acceptors (Lipinski definition) is 7. The van der Waals surface area contributed by atoms with E-state index in [1.807, 2.05) is 41.3 Å². The Hall–Kier alpha value is -3.52.